The van der Waals surface area contributed by atoms with Crippen LogP contribution in [0, 0.1) is 6.92 Å². The van der Waals surface area contributed by atoms with Crippen molar-refractivity contribution in [2.45, 2.75) is 6.92 Å². The Morgan fingerprint density at radius 1 is 0.967 bits per heavy atom. The lowest BCUT2D eigenvalue weighted by Crippen LogP contribution is -2.10. The second-order valence-electron chi connectivity index (χ2n) is 6.57. The van der Waals surface area contributed by atoms with Crippen LogP contribution in [0.5, 0.6) is 0 Å². The van der Waals surface area contributed by atoms with Crippen LogP contribution >= 0.6 is 0 Å². The van der Waals surface area contributed by atoms with Gasteiger partial charge in [0.25, 0.3) is 0 Å². The molecule has 1 aromatic carbocycles. The number of pyridine rings is 1. The van der Waals surface area contributed by atoms with E-state index < -0.39 is 0 Å². The zero-order valence-electron chi connectivity index (χ0n) is 16.3. The van der Waals surface area contributed by atoms with Gasteiger partial charge in [-0.15, -0.1) is 0 Å². The van der Waals surface area contributed by atoms with Crippen LogP contribution in [0.15, 0.2) is 55.0 Å². The zero-order chi connectivity index (χ0) is 20.5. The Kier molecular flexibility index (Phi) is 4.28. The number of aryl methyl sites for hydroxylation is 1. The lowest BCUT2D eigenvalue weighted by Gasteiger charge is -2.10. The molecule has 0 radical (unpaired) electrons. The molecular formula is C20H18N10. The van der Waals surface area contributed by atoms with Crippen molar-refractivity contribution < 1.29 is 0 Å². The molecule has 10 nitrogen and oxygen atoms in total. The van der Waals surface area contributed by atoms with Crippen molar-refractivity contribution in [1.29, 1.82) is 0 Å². The number of H-pyrrole nitrogens is 1. The van der Waals surface area contributed by atoms with Crippen molar-refractivity contribution in [3.05, 3.63) is 60.8 Å². The number of aromatic amines is 1. The highest BCUT2D eigenvalue weighted by Crippen LogP contribution is 2.29. The summed E-state index contributed by atoms with van der Waals surface area (Å²) in [5, 5.41) is 13.1. The first-order valence-corrected chi connectivity index (χ1v) is 9.31. The molecule has 0 saturated carbocycles. The van der Waals surface area contributed by atoms with Gasteiger partial charge in [0.2, 0.25) is 17.8 Å². The van der Waals surface area contributed by atoms with E-state index in [1.165, 1.54) is 0 Å². The van der Waals surface area contributed by atoms with Gasteiger partial charge in [-0.05, 0) is 30.7 Å². The summed E-state index contributed by atoms with van der Waals surface area (Å²) in [5.41, 5.74) is 3.68. The van der Waals surface area contributed by atoms with Crippen molar-refractivity contribution in [3.8, 4) is 17.1 Å². The molecule has 10 heteroatoms. The van der Waals surface area contributed by atoms with E-state index in [4.69, 9.17) is 4.98 Å². The highest BCUT2D eigenvalue weighted by Gasteiger charge is 2.17. The summed E-state index contributed by atoms with van der Waals surface area (Å²) >= 11 is 0. The van der Waals surface area contributed by atoms with Gasteiger partial charge in [0, 0.05) is 31.1 Å². The molecule has 0 fully saturated rings. The molecule has 0 bridgehead atoms. The van der Waals surface area contributed by atoms with Crippen molar-refractivity contribution in [1.82, 2.24) is 39.7 Å². The summed E-state index contributed by atoms with van der Waals surface area (Å²) in [6.07, 6.45) is 5.26. The topological polar surface area (TPSA) is 122 Å². The van der Waals surface area contributed by atoms with Crippen LogP contribution < -0.4 is 10.6 Å². The zero-order valence-corrected chi connectivity index (χ0v) is 16.3. The minimum atomic E-state index is 0.458. The summed E-state index contributed by atoms with van der Waals surface area (Å²) < 4.78 is 1.87. The molecule has 30 heavy (non-hydrogen) atoms. The van der Waals surface area contributed by atoms with Gasteiger partial charge in [0.15, 0.2) is 0 Å². The average molecular weight is 398 g/mol. The number of fused-ring (bicyclic) bond motifs is 1. The molecule has 0 atom stereocenters. The summed E-state index contributed by atoms with van der Waals surface area (Å²) in [6.45, 7) is 1.83. The monoisotopic (exact) mass is 398 g/mol. The van der Waals surface area contributed by atoms with Gasteiger partial charge >= 0.3 is 0 Å². The fraction of sp³-hybridized carbons (Fsp3) is 0.100. The minimum Gasteiger partial charge on any atom is -0.357 e. The van der Waals surface area contributed by atoms with Crippen molar-refractivity contribution in [2.75, 3.05) is 17.7 Å². The van der Waals surface area contributed by atoms with Gasteiger partial charge in [-0.1, -0.05) is 12.1 Å². The van der Waals surface area contributed by atoms with Crippen LogP contribution in [0.25, 0.3) is 28.1 Å². The molecule has 0 aliphatic rings. The number of hydrogen-bond donors (Lipinski definition) is 3. The first-order chi connectivity index (χ1) is 14.7. The van der Waals surface area contributed by atoms with Crippen LogP contribution in [-0.2, 0) is 0 Å². The van der Waals surface area contributed by atoms with Gasteiger partial charge in [-0.25, -0.2) is 9.55 Å². The lowest BCUT2D eigenvalue weighted by molar-refractivity contribution is 0.887. The molecule has 0 aliphatic heterocycles. The maximum atomic E-state index is 4.75. The molecule has 0 saturated heterocycles. The van der Waals surface area contributed by atoms with E-state index in [2.05, 4.69) is 46.8 Å². The van der Waals surface area contributed by atoms with Crippen LogP contribution in [0.4, 0.5) is 17.7 Å². The number of imidazole rings is 1. The molecule has 0 unspecified atom stereocenters. The second-order valence-corrected chi connectivity index (χ2v) is 6.57. The van der Waals surface area contributed by atoms with Crippen molar-refractivity contribution >= 4 is 28.7 Å². The first kappa shape index (κ1) is 17.7. The molecule has 3 N–H and O–H groups in total. The molecule has 0 spiro atoms. The maximum Gasteiger partial charge on any atom is 0.242 e. The number of aromatic nitrogens is 8. The van der Waals surface area contributed by atoms with E-state index in [1.54, 1.807) is 19.4 Å². The molecule has 5 rings (SSSR count). The Hall–Kier alpha value is -4.34. The Labute approximate surface area is 171 Å². The Bertz CT molecular complexity index is 1310. The SMILES string of the molecule is CNc1nc(C)nc(-n2c(Nc3ccn[nH]3)nc3ccc(-c4cccnc4)cc32)n1. The third-order valence-corrected chi connectivity index (χ3v) is 4.56. The van der Waals surface area contributed by atoms with Crippen LogP contribution in [0.3, 0.4) is 0 Å². The summed E-state index contributed by atoms with van der Waals surface area (Å²) in [4.78, 5) is 22.4. The quantitative estimate of drug-likeness (QED) is 0.413. The number of anilines is 3. The van der Waals surface area contributed by atoms with E-state index in [0.717, 1.165) is 22.2 Å². The fourth-order valence-electron chi connectivity index (χ4n) is 3.20. The largest absolute Gasteiger partial charge is 0.357 e. The minimum absolute atomic E-state index is 0.458. The normalized spacial score (nSPS) is 11.0. The summed E-state index contributed by atoms with van der Waals surface area (Å²) in [7, 11) is 1.77. The predicted octanol–water partition coefficient (Wildman–Crippen LogP) is 3.09. The molecule has 148 valence electrons. The predicted molar refractivity (Wildman–Crippen MR) is 114 cm³/mol. The summed E-state index contributed by atoms with van der Waals surface area (Å²) in [5.74, 6) is 2.81. The van der Waals surface area contributed by atoms with Crippen LogP contribution in [0.1, 0.15) is 5.82 Å². The number of benzene rings is 1. The van der Waals surface area contributed by atoms with Gasteiger partial charge in [-0.3, -0.25) is 10.1 Å². The molecule has 0 aliphatic carbocycles. The number of nitrogens with one attached hydrogen (secondary N) is 3. The summed E-state index contributed by atoms with van der Waals surface area (Å²) in [6, 6.07) is 11.8. The standard InChI is InChI=1S/C20H18N10/c1-12-24-18(21-2)28-19(25-12)30-16-10-13(14-4-3-8-22-11-14)5-6-15(16)26-20(30)27-17-7-9-23-29-17/h3-11H,1-2H3,(H,21,24,25,28)(H2,23,26,27,29). The van der Waals surface area contributed by atoms with E-state index in [-0.39, 0.29) is 0 Å². The Morgan fingerprint density at radius 2 is 1.90 bits per heavy atom. The third-order valence-electron chi connectivity index (χ3n) is 4.56. The van der Waals surface area contributed by atoms with E-state index in [1.807, 2.05) is 48.0 Å². The number of hydrogen-bond acceptors (Lipinski definition) is 8. The number of rotatable bonds is 5. The Balaban J connectivity index is 1.74. The van der Waals surface area contributed by atoms with E-state index in [9.17, 15) is 0 Å². The smallest absolute Gasteiger partial charge is 0.242 e. The Morgan fingerprint density at radius 3 is 2.67 bits per heavy atom. The first-order valence-electron chi connectivity index (χ1n) is 9.31. The third kappa shape index (κ3) is 3.20. The highest BCUT2D eigenvalue weighted by molar-refractivity contribution is 5.86. The van der Waals surface area contributed by atoms with E-state index in [0.29, 0.717) is 29.5 Å². The van der Waals surface area contributed by atoms with Gasteiger partial charge in [0.1, 0.15) is 11.6 Å². The van der Waals surface area contributed by atoms with Crippen molar-refractivity contribution in [3.63, 3.8) is 0 Å². The number of nitrogens with zero attached hydrogens (tertiary/aromatic N) is 7. The second kappa shape index (κ2) is 7.24. The molecular weight excluding hydrogens is 380 g/mol. The molecule has 4 aromatic heterocycles. The fourth-order valence-corrected chi connectivity index (χ4v) is 3.20. The molecule has 0 amide bonds. The van der Waals surface area contributed by atoms with Crippen LogP contribution in [0.2, 0.25) is 0 Å². The van der Waals surface area contributed by atoms with Gasteiger partial charge < -0.3 is 10.6 Å². The maximum absolute atomic E-state index is 4.75. The van der Waals surface area contributed by atoms with E-state index >= 15 is 0 Å². The van der Waals surface area contributed by atoms with Gasteiger partial charge in [0.05, 0.1) is 17.2 Å². The molecule has 4 heterocycles. The average Bonchev–Trinajstić information content (AvgIpc) is 3.41. The highest BCUT2D eigenvalue weighted by atomic mass is 15.3. The molecule has 5 aromatic rings. The van der Waals surface area contributed by atoms with Gasteiger partial charge in [-0.2, -0.15) is 20.1 Å². The lowest BCUT2D eigenvalue weighted by atomic mass is 10.1. The van der Waals surface area contributed by atoms with Crippen LogP contribution in [-0.4, -0.2) is 46.7 Å². The van der Waals surface area contributed by atoms with Crippen molar-refractivity contribution in [2.24, 2.45) is 0 Å².